The van der Waals surface area contributed by atoms with E-state index in [-0.39, 0.29) is 12.2 Å². The SMILES string of the molecule is C[C@H](NC(=O)COC(=O)COc1ccc2ccccc2c1)c1ccc(F)cc1F. The van der Waals surface area contributed by atoms with Crippen molar-refractivity contribution in [3.05, 3.63) is 77.9 Å². The number of benzene rings is 3. The van der Waals surface area contributed by atoms with Crippen LogP contribution in [-0.2, 0) is 14.3 Å². The molecule has 1 N–H and O–H groups in total. The number of esters is 1. The lowest BCUT2D eigenvalue weighted by Gasteiger charge is -2.15. The predicted octanol–water partition coefficient (Wildman–Crippen LogP) is 3.92. The van der Waals surface area contributed by atoms with E-state index in [0.29, 0.717) is 5.75 Å². The fraction of sp³-hybridized carbons (Fsp3) is 0.182. The second-order valence-corrected chi connectivity index (χ2v) is 6.41. The molecule has 0 spiro atoms. The lowest BCUT2D eigenvalue weighted by molar-refractivity contribution is -0.150. The number of carbonyl (C=O) groups excluding carboxylic acids is 2. The van der Waals surface area contributed by atoms with Gasteiger partial charge in [-0.3, -0.25) is 4.79 Å². The van der Waals surface area contributed by atoms with Crippen molar-refractivity contribution >= 4 is 22.6 Å². The van der Waals surface area contributed by atoms with E-state index >= 15 is 0 Å². The summed E-state index contributed by atoms with van der Waals surface area (Å²) < 4.78 is 37.0. The molecule has 1 amide bonds. The molecule has 3 rings (SSSR count). The number of amides is 1. The highest BCUT2D eigenvalue weighted by molar-refractivity contribution is 5.84. The molecule has 0 radical (unpaired) electrons. The molecule has 0 aliphatic carbocycles. The quantitative estimate of drug-likeness (QED) is 0.612. The van der Waals surface area contributed by atoms with Gasteiger partial charge in [-0.25, -0.2) is 13.6 Å². The standard InChI is InChI=1S/C22H19F2NO4/c1-14(19-9-7-17(23)11-20(19)24)25-21(26)12-29-22(27)13-28-18-8-6-15-4-2-3-5-16(15)10-18/h2-11,14H,12-13H2,1H3,(H,25,26)/t14-/m0/s1. The number of hydrogen-bond donors (Lipinski definition) is 1. The Hall–Kier alpha value is -3.48. The van der Waals surface area contributed by atoms with Gasteiger partial charge in [-0.15, -0.1) is 0 Å². The largest absolute Gasteiger partial charge is 0.482 e. The van der Waals surface area contributed by atoms with E-state index in [1.165, 1.54) is 6.07 Å². The Kier molecular flexibility index (Phi) is 6.39. The number of hydrogen-bond acceptors (Lipinski definition) is 4. The number of nitrogens with one attached hydrogen (secondary N) is 1. The predicted molar refractivity (Wildman–Crippen MR) is 103 cm³/mol. The number of fused-ring (bicyclic) bond motifs is 1. The Morgan fingerprint density at radius 3 is 2.48 bits per heavy atom. The summed E-state index contributed by atoms with van der Waals surface area (Å²) in [7, 11) is 0. The summed E-state index contributed by atoms with van der Waals surface area (Å²) in [6, 6.07) is 15.5. The van der Waals surface area contributed by atoms with Crippen molar-refractivity contribution < 1.29 is 27.8 Å². The minimum atomic E-state index is -0.765. The maximum atomic E-state index is 13.7. The third-order valence-corrected chi connectivity index (χ3v) is 4.25. The molecule has 0 aliphatic heterocycles. The van der Waals surface area contributed by atoms with Gasteiger partial charge in [0.1, 0.15) is 17.4 Å². The van der Waals surface area contributed by atoms with Crippen molar-refractivity contribution in [2.75, 3.05) is 13.2 Å². The normalized spacial score (nSPS) is 11.7. The van der Waals surface area contributed by atoms with Gasteiger partial charge in [-0.2, -0.15) is 0 Å². The molecule has 7 heteroatoms. The van der Waals surface area contributed by atoms with Crippen molar-refractivity contribution in [1.29, 1.82) is 0 Å². The van der Waals surface area contributed by atoms with Gasteiger partial charge >= 0.3 is 5.97 Å². The molecule has 5 nitrogen and oxygen atoms in total. The number of halogens is 2. The highest BCUT2D eigenvalue weighted by Gasteiger charge is 2.15. The van der Waals surface area contributed by atoms with Crippen LogP contribution in [-0.4, -0.2) is 25.1 Å². The molecule has 3 aromatic carbocycles. The van der Waals surface area contributed by atoms with Crippen molar-refractivity contribution in [2.24, 2.45) is 0 Å². The summed E-state index contributed by atoms with van der Waals surface area (Å²) in [5.41, 5.74) is 0.130. The van der Waals surface area contributed by atoms with Gasteiger partial charge in [0.15, 0.2) is 13.2 Å². The Bertz CT molecular complexity index is 1040. The van der Waals surface area contributed by atoms with Gasteiger partial charge < -0.3 is 14.8 Å². The van der Waals surface area contributed by atoms with Gasteiger partial charge in [0.2, 0.25) is 0 Å². The lowest BCUT2D eigenvalue weighted by atomic mass is 10.1. The van der Waals surface area contributed by atoms with E-state index in [1.54, 1.807) is 19.1 Å². The summed E-state index contributed by atoms with van der Waals surface area (Å²) in [5.74, 6) is -2.29. The smallest absolute Gasteiger partial charge is 0.344 e. The lowest BCUT2D eigenvalue weighted by Crippen LogP contribution is -2.32. The van der Waals surface area contributed by atoms with Crippen LogP contribution < -0.4 is 10.1 Å². The van der Waals surface area contributed by atoms with Crippen LogP contribution in [0.15, 0.2) is 60.7 Å². The van der Waals surface area contributed by atoms with Crippen LogP contribution in [0.1, 0.15) is 18.5 Å². The average Bonchev–Trinajstić information content (AvgIpc) is 2.70. The van der Waals surface area contributed by atoms with Gasteiger partial charge in [0, 0.05) is 11.6 Å². The Labute approximate surface area is 166 Å². The van der Waals surface area contributed by atoms with Gasteiger partial charge in [-0.1, -0.05) is 36.4 Å². The van der Waals surface area contributed by atoms with Crippen LogP contribution in [0.3, 0.4) is 0 Å². The Morgan fingerprint density at radius 1 is 0.966 bits per heavy atom. The van der Waals surface area contributed by atoms with Crippen LogP contribution >= 0.6 is 0 Å². The first kappa shape index (κ1) is 20.3. The molecule has 0 aliphatic rings. The summed E-state index contributed by atoms with van der Waals surface area (Å²) in [6.45, 7) is 0.652. The topological polar surface area (TPSA) is 64.6 Å². The van der Waals surface area contributed by atoms with Crippen LogP contribution in [0.5, 0.6) is 5.75 Å². The summed E-state index contributed by atoms with van der Waals surface area (Å²) in [4.78, 5) is 23.7. The van der Waals surface area contributed by atoms with E-state index in [0.717, 1.165) is 22.9 Å². The fourth-order valence-electron chi connectivity index (χ4n) is 2.80. The second kappa shape index (κ2) is 9.14. The molecule has 1 atom stereocenters. The van der Waals surface area contributed by atoms with Crippen molar-refractivity contribution in [3.63, 3.8) is 0 Å². The minimum Gasteiger partial charge on any atom is -0.482 e. The molecular formula is C22H19F2NO4. The third kappa shape index (κ3) is 5.51. The van der Waals surface area contributed by atoms with Crippen molar-refractivity contribution in [1.82, 2.24) is 5.32 Å². The van der Waals surface area contributed by atoms with Crippen LogP contribution in [0, 0.1) is 11.6 Å². The average molecular weight is 399 g/mol. The maximum absolute atomic E-state index is 13.7. The van der Waals surface area contributed by atoms with E-state index in [9.17, 15) is 18.4 Å². The highest BCUT2D eigenvalue weighted by Crippen LogP contribution is 2.20. The van der Waals surface area contributed by atoms with E-state index in [4.69, 9.17) is 9.47 Å². The molecule has 0 bridgehead atoms. The molecule has 29 heavy (non-hydrogen) atoms. The zero-order chi connectivity index (χ0) is 20.8. The van der Waals surface area contributed by atoms with Crippen molar-refractivity contribution in [3.8, 4) is 5.75 Å². The third-order valence-electron chi connectivity index (χ3n) is 4.25. The summed E-state index contributed by atoms with van der Waals surface area (Å²) in [6.07, 6.45) is 0. The van der Waals surface area contributed by atoms with E-state index in [1.807, 2.05) is 30.3 Å². The van der Waals surface area contributed by atoms with Crippen LogP contribution in [0.25, 0.3) is 10.8 Å². The fourth-order valence-corrected chi connectivity index (χ4v) is 2.80. The first-order valence-electron chi connectivity index (χ1n) is 8.94. The zero-order valence-electron chi connectivity index (χ0n) is 15.7. The van der Waals surface area contributed by atoms with Gasteiger partial charge in [-0.05, 0) is 35.9 Å². The first-order valence-corrected chi connectivity index (χ1v) is 8.94. The van der Waals surface area contributed by atoms with E-state index < -0.39 is 36.2 Å². The van der Waals surface area contributed by atoms with Crippen LogP contribution in [0.2, 0.25) is 0 Å². The summed E-state index contributed by atoms with van der Waals surface area (Å²) >= 11 is 0. The molecular weight excluding hydrogens is 380 g/mol. The Balaban J connectivity index is 1.45. The zero-order valence-corrected chi connectivity index (χ0v) is 15.7. The van der Waals surface area contributed by atoms with Crippen molar-refractivity contribution in [2.45, 2.75) is 13.0 Å². The number of rotatable bonds is 7. The molecule has 150 valence electrons. The highest BCUT2D eigenvalue weighted by atomic mass is 19.1. The molecule has 0 saturated heterocycles. The maximum Gasteiger partial charge on any atom is 0.344 e. The number of carbonyl (C=O) groups is 2. The minimum absolute atomic E-state index is 0.130. The first-order chi connectivity index (χ1) is 13.9. The molecule has 0 saturated carbocycles. The van der Waals surface area contributed by atoms with Gasteiger partial charge in [0.25, 0.3) is 5.91 Å². The Morgan fingerprint density at radius 2 is 1.72 bits per heavy atom. The molecule has 3 aromatic rings. The van der Waals surface area contributed by atoms with Gasteiger partial charge in [0.05, 0.1) is 6.04 Å². The second-order valence-electron chi connectivity index (χ2n) is 6.41. The molecule has 0 aromatic heterocycles. The molecule has 0 fully saturated rings. The van der Waals surface area contributed by atoms with E-state index in [2.05, 4.69) is 5.32 Å². The molecule has 0 unspecified atom stereocenters. The monoisotopic (exact) mass is 399 g/mol. The summed E-state index contributed by atoms with van der Waals surface area (Å²) in [5, 5.41) is 4.51. The number of ether oxygens (including phenoxy) is 2. The van der Waals surface area contributed by atoms with Crippen LogP contribution in [0.4, 0.5) is 8.78 Å². The molecule has 0 heterocycles.